The molecule has 0 radical (unpaired) electrons. The van der Waals surface area contributed by atoms with E-state index in [2.05, 4.69) is 129 Å². The molecule has 1 heterocycles. The number of aliphatic hydroxyl groups is 2. The summed E-state index contributed by atoms with van der Waals surface area (Å²) < 4.78 is 2.27. The molecule has 2 unspecified atom stereocenters. The van der Waals surface area contributed by atoms with Gasteiger partial charge in [0.2, 0.25) is 0 Å². The molecule has 0 aliphatic heterocycles. The maximum absolute atomic E-state index is 13.8. The summed E-state index contributed by atoms with van der Waals surface area (Å²) in [6.45, 7) is 13.0. The number of nitrogens with zero attached hydrogens (tertiary/aromatic N) is 1. The van der Waals surface area contributed by atoms with Crippen molar-refractivity contribution in [1.82, 2.24) is 4.57 Å². The summed E-state index contributed by atoms with van der Waals surface area (Å²) in [4.78, 5) is 0. The van der Waals surface area contributed by atoms with Gasteiger partial charge in [-0.1, -0.05) is 154 Å². The molecule has 2 aliphatic rings. The van der Waals surface area contributed by atoms with Gasteiger partial charge in [0, 0.05) is 27.6 Å². The number of fused-ring (bicyclic) bond motifs is 8. The smallest absolute Gasteiger partial charge is 0.141 e. The molecule has 0 saturated carbocycles. The van der Waals surface area contributed by atoms with E-state index in [9.17, 15) is 10.2 Å². The number of hydrogen-bond acceptors (Lipinski definition) is 2. The van der Waals surface area contributed by atoms with E-state index in [4.69, 9.17) is 0 Å². The van der Waals surface area contributed by atoms with Crippen molar-refractivity contribution in [2.75, 3.05) is 0 Å². The van der Waals surface area contributed by atoms with Crippen molar-refractivity contribution in [2.24, 2.45) is 0 Å². The Kier molecular flexibility index (Phi) is 7.20. The van der Waals surface area contributed by atoms with Gasteiger partial charge in [0.25, 0.3) is 0 Å². The number of benzene rings is 8. The molecule has 0 bridgehead atoms. The topological polar surface area (TPSA) is 45.4 Å². The van der Waals surface area contributed by atoms with Gasteiger partial charge in [-0.15, -0.1) is 0 Å². The van der Waals surface area contributed by atoms with Crippen molar-refractivity contribution in [3.8, 4) is 16.8 Å². The second-order valence-electron chi connectivity index (χ2n) is 16.5. The first-order valence-electron chi connectivity index (χ1n) is 19.9. The Morgan fingerprint density at radius 3 is 1.53 bits per heavy atom. The molecule has 1 aromatic heterocycles. The minimum absolute atomic E-state index is 0.447. The van der Waals surface area contributed by atoms with Gasteiger partial charge in [0.1, 0.15) is 11.2 Å². The monoisotopic (exact) mass is 747 g/mol. The summed E-state index contributed by atoms with van der Waals surface area (Å²) in [5.41, 5.74) is 9.09. The molecule has 3 nitrogen and oxygen atoms in total. The zero-order valence-corrected chi connectivity index (χ0v) is 32.5. The second kappa shape index (κ2) is 12.1. The molecule has 2 N–H and O–H groups in total. The lowest BCUT2D eigenvalue weighted by atomic mass is 9.62. The summed E-state index contributed by atoms with van der Waals surface area (Å²) in [7, 11) is 0. The summed E-state index contributed by atoms with van der Waals surface area (Å²) in [5.74, 6) is 0. The first-order valence-corrected chi connectivity index (χ1v) is 19.9. The van der Waals surface area contributed by atoms with Gasteiger partial charge in [0.15, 0.2) is 0 Å². The average Bonchev–Trinajstić information content (AvgIpc) is 3.70. The predicted molar refractivity (Wildman–Crippen MR) is 240 cm³/mol. The zero-order chi connectivity index (χ0) is 39.6. The lowest BCUT2D eigenvalue weighted by Gasteiger charge is -2.46. The van der Waals surface area contributed by atoms with Gasteiger partial charge in [-0.3, -0.25) is 0 Å². The summed E-state index contributed by atoms with van der Waals surface area (Å²) in [6, 6.07) is 56.3. The SMILES string of the molecule is C=Cc1c(C=C)n(-c2ccccc2)c2cc3c(cc12)C(C)(C)c1cc2c(cc1-3)C(O)(c1ccc3ccccc3c1)c1ccccc1C2(O)c1ccc2ccccc2c1. The molecule has 2 atom stereocenters. The Morgan fingerprint density at radius 1 is 0.466 bits per heavy atom. The van der Waals surface area contributed by atoms with Crippen LogP contribution in [0.3, 0.4) is 0 Å². The van der Waals surface area contributed by atoms with Crippen LogP contribution in [0.4, 0.5) is 0 Å². The molecule has 58 heavy (non-hydrogen) atoms. The third-order valence-electron chi connectivity index (χ3n) is 13.2. The second-order valence-corrected chi connectivity index (χ2v) is 16.5. The third kappa shape index (κ3) is 4.46. The van der Waals surface area contributed by atoms with E-state index >= 15 is 0 Å². The maximum atomic E-state index is 13.8. The van der Waals surface area contributed by atoms with Gasteiger partial charge < -0.3 is 14.8 Å². The number of aromatic nitrogens is 1. The van der Waals surface area contributed by atoms with E-state index < -0.39 is 16.6 Å². The van der Waals surface area contributed by atoms with Crippen LogP contribution in [0.25, 0.3) is 61.4 Å². The highest BCUT2D eigenvalue weighted by atomic mass is 16.3. The van der Waals surface area contributed by atoms with Crippen LogP contribution in [-0.4, -0.2) is 14.8 Å². The molecular formula is C55H41NO2. The van der Waals surface area contributed by atoms with Crippen LogP contribution >= 0.6 is 0 Å². The highest BCUT2D eigenvalue weighted by Crippen LogP contribution is 2.59. The lowest BCUT2D eigenvalue weighted by molar-refractivity contribution is 0.0748. The standard InChI is InChI=1S/C55H41NO2/c1-5-41-44-31-47-43(32-52(44)56(51(41)6-2)40-20-8-7-9-21-40)42-30-49-50(33-48(42)53(47,3)4)55(58,39-27-25-35-17-11-13-19-37(35)29-39)46-23-15-14-22-45(46)54(49,57)38-26-24-34-16-10-12-18-36(34)28-38/h5-33,57-58H,1-2H2,3-4H3. The Balaban J connectivity index is 1.25. The molecule has 0 spiro atoms. The van der Waals surface area contributed by atoms with Crippen molar-refractivity contribution >= 4 is 44.6 Å². The van der Waals surface area contributed by atoms with Crippen LogP contribution in [0.15, 0.2) is 177 Å². The van der Waals surface area contributed by atoms with Gasteiger partial charge in [-0.05, 0) is 120 Å². The minimum Gasteiger partial charge on any atom is -0.376 e. The maximum Gasteiger partial charge on any atom is 0.141 e. The first-order chi connectivity index (χ1) is 28.2. The lowest BCUT2D eigenvalue weighted by Crippen LogP contribution is -2.44. The normalized spacial score (nSPS) is 18.8. The van der Waals surface area contributed by atoms with Crippen LogP contribution in [0.1, 0.15) is 69.6 Å². The van der Waals surface area contributed by atoms with E-state index in [1.807, 2.05) is 78.9 Å². The Hall–Kier alpha value is -6.78. The van der Waals surface area contributed by atoms with Gasteiger partial charge in [-0.2, -0.15) is 0 Å². The van der Waals surface area contributed by atoms with E-state index in [-0.39, 0.29) is 0 Å². The van der Waals surface area contributed by atoms with Crippen molar-refractivity contribution in [3.05, 3.63) is 233 Å². The summed E-state index contributed by atoms with van der Waals surface area (Å²) in [5, 5.41) is 32.9. The Labute approximate surface area is 338 Å². The molecule has 278 valence electrons. The highest BCUT2D eigenvalue weighted by molar-refractivity contribution is 6.01. The first kappa shape index (κ1) is 34.5. The van der Waals surface area contributed by atoms with Crippen molar-refractivity contribution in [3.63, 3.8) is 0 Å². The molecule has 3 heteroatoms. The van der Waals surface area contributed by atoms with Crippen LogP contribution in [0, 0.1) is 0 Å². The van der Waals surface area contributed by atoms with Crippen molar-refractivity contribution in [1.29, 1.82) is 0 Å². The Bertz CT molecular complexity index is 3220. The molecule has 11 rings (SSSR count). The van der Waals surface area contributed by atoms with E-state index in [0.29, 0.717) is 22.3 Å². The molecule has 9 aromatic rings. The highest BCUT2D eigenvalue weighted by Gasteiger charge is 2.53. The molecule has 0 fully saturated rings. The fourth-order valence-corrected chi connectivity index (χ4v) is 10.3. The number of para-hydroxylation sites is 1. The molecule has 8 aromatic carbocycles. The van der Waals surface area contributed by atoms with Gasteiger partial charge in [0.05, 0.1) is 11.2 Å². The van der Waals surface area contributed by atoms with Crippen molar-refractivity contribution < 1.29 is 10.2 Å². The largest absolute Gasteiger partial charge is 0.376 e. The van der Waals surface area contributed by atoms with Crippen LogP contribution in [0.5, 0.6) is 0 Å². The minimum atomic E-state index is -1.60. The Morgan fingerprint density at radius 2 is 0.966 bits per heavy atom. The van der Waals surface area contributed by atoms with Gasteiger partial charge >= 0.3 is 0 Å². The molecular weight excluding hydrogens is 707 g/mol. The number of rotatable bonds is 5. The van der Waals surface area contributed by atoms with E-state index in [1.54, 1.807) is 0 Å². The summed E-state index contributed by atoms with van der Waals surface area (Å²) in [6.07, 6.45) is 3.85. The fraction of sp³-hybridized carbons (Fsp3) is 0.0909. The van der Waals surface area contributed by atoms with E-state index in [1.165, 1.54) is 5.56 Å². The molecule has 2 aliphatic carbocycles. The third-order valence-corrected chi connectivity index (χ3v) is 13.2. The van der Waals surface area contributed by atoms with Crippen LogP contribution in [-0.2, 0) is 16.6 Å². The van der Waals surface area contributed by atoms with Crippen molar-refractivity contribution in [2.45, 2.75) is 30.5 Å². The van der Waals surface area contributed by atoms with Crippen LogP contribution < -0.4 is 0 Å². The van der Waals surface area contributed by atoms with Gasteiger partial charge in [-0.25, -0.2) is 0 Å². The molecule has 0 saturated heterocycles. The van der Waals surface area contributed by atoms with Crippen LogP contribution in [0.2, 0.25) is 0 Å². The van der Waals surface area contributed by atoms with E-state index in [0.717, 1.165) is 77.2 Å². The predicted octanol–water partition coefficient (Wildman–Crippen LogP) is 12.4. The molecule has 0 amide bonds. The fourth-order valence-electron chi connectivity index (χ4n) is 10.3. The summed E-state index contributed by atoms with van der Waals surface area (Å²) >= 11 is 0. The number of hydrogen-bond donors (Lipinski definition) is 2. The average molecular weight is 748 g/mol. The zero-order valence-electron chi connectivity index (χ0n) is 32.5. The quantitative estimate of drug-likeness (QED) is 0.184.